The molecular weight excluding hydrogens is 236 g/mol. The molecule has 2 aromatic rings. The van der Waals surface area contributed by atoms with Crippen molar-refractivity contribution in [1.82, 2.24) is 20.3 Å². The molecule has 1 aromatic heterocycles. The first-order chi connectivity index (χ1) is 9.28. The van der Waals surface area contributed by atoms with E-state index in [1.54, 1.807) is 0 Å². The number of nitrogens with one attached hydrogen (secondary N) is 1. The first-order valence-corrected chi connectivity index (χ1v) is 6.85. The predicted molar refractivity (Wildman–Crippen MR) is 74.8 cm³/mol. The Kier molecular flexibility index (Phi) is 3.11. The van der Waals surface area contributed by atoms with Gasteiger partial charge in [0.1, 0.15) is 0 Å². The summed E-state index contributed by atoms with van der Waals surface area (Å²) in [5.74, 6) is 0. The number of aromatic nitrogens is 3. The molecule has 3 rings (SSSR count). The number of aryl methyl sites for hydroxylation is 1. The van der Waals surface area contributed by atoms with Crippen molar-refractivity contribution in [3.05, 3.63) is 47.8 Å². The normalized spacial score (nSPS) is 18.8. The van der Waals surface area contributed by atoms with Crippen LogP contribution in [-0.2, 0) is 12.5 Å². The van der Waals surface area contributed by atoms with Gasteiger partial charge in [-0.3, -0.25) is 4.68 Å². The third kappa shape index (κ3) is 1.87. The standard InChI is InChI=1S/C15H20N4/c1-16-14(13-11-17-18-19(13)2)15(9-6-10-15)12-7-4-3-5-8-12/h3-5,7-8,11,14,16H,6,9-10H2,1-2H3. The van der Waals surface area contributed by atoms with Crippen LogP contribution >= 0.6 is 0 Å². The minimum Gasteiger partial charge on any atom is -0.311 e. The molecule has 0 radical (unpaired) electrons. The van der Waals surface area contributed by atoms with E-state index < -0.39 is 0 Å². The molecule has 0 spiro atoms. The van der Waals surface area contributed by atoms with Crippen molar-refractivity contribution < 1.29 is 0 Å². The van der Waals surface area contributed by atoms with Crippen LogP contribution in [0.3, 0.4) is 0 Å². The summed E-state index contributed by atoms with van der Waals surface area (Å²) >= 11 is 0. The second-order valence-electron chi connectivity index (χ2n) is 5.38. The number of likely N-dealkylation sites (N-methyl/N-ethyl adjacent to an activating group) is 1. The molecule has 100 valence electrons. The maximum absolute atomic E-state index is 4.08. The Bertz CT molecular complexity index is 542. The molecule has 1 N–H and O–H groups in total. The molecular formula is C15H20N4. The molecule has 1 heterocycles. The van der Waals surface area contributed by atoms with Crippen LogP contribution in [-0.4, -0.2) is 22.0 Å². The van der Waals surface area contributed by atoms with Crippen molar-refractivity contribution >= 4 is 0 Å². The van der Waals surface area contributed by atoms with E-state index in [-0.39, 0.29) is 11.5 Å². The van der Waals surface area contributed by atoms with E-state index in [2.05, 4.69) is 46.0 Å². The molecule has 4 heteroatoms. The Morgan fingerprint density at radius 3 is 2.47 bits per heavy atom. The monoisotopic (exact) mass is 256 g/mol. The summed E-state index contributed by atoms with van der Waals surface area (Å²) in [6.45, 7) is 0. The summed E-state index contributed by atoms with van der Waals surface area (Å²) in [4.78, 5) is 0. The summed E-state index contributed by atoms with van der Waals surface area (Å²) in [5.41, 5.74) is 2.76. The molecule has 1 atom stereocenters. The smallest absolute Gasteiger partial charge is 0.0762 e. The predicted octanol–water partition coefficient (Wildman–Crippen LogP) is 2.20. The van der Waals surface area contributed by atoms with Gasteiger partial charge in [0.25, 0.3) is 0 Å². The minimum atomic E-state index is 0.186. The average Bonchev–Trinajstić information content (AvgIpc) is 2.81. The Balaban J connectivity index is 2.04. The van der Waals surface area contributed by atoms with Crippen molar-refractivity contribution in [2.45, 2.75) is 30.7 Å². The average molecular weight is 256 g/mol. The first-order valence-electron chi connectivity index (χ1n) is 6.85. The van der Waals surface area contributed by atoms with Gasteiger partial charge in [0.2, 0.25) is 0 Å². The highest BCUT2D eigenvalue weighted by Gasteiger charge is 2.46. The van der Waals surface area contributed by atoms with Crippen LogP contribution < -0.4 is 5.32 Å². The Morgan fingerprint density at radius 1 is 1.26 bits per heavy atom. The third-order valence-corrected chi connectivity index (χ3v) is 4.48. The van der Waals surface area contributed by atoms with Crippen LogP contribution in [0.2, 0.25) is 0 Å². The highest BCUT2D eigenvalue weighted by atomic mass is 15.4. The fourth-order valence-electron chi connectivity index (χ4n) is 3.34. The number of nitrogens with zero attached hydrogens (tertiary/aromatic N) is 3. The van der Waals surface area contributed by atoms with Crippen LogP contribution in [0.4, 0.5) is 0 Å². The second kappa shape index (κ2) is 4.78. The summed E-state index contributed by atoms with van der Waals surface area (Å²) < 4.78 is 1.88. The lowest BCUT2D eigenvalue weighted by atomic mass is 9.59. The minimum absolute atomic E-state index is 0.186. The van der Waals surface area contributed by atoms with Gasteiger partial charge in [0.15, 0.2) is 0 Å². The van der Waals surface area contributed by atoms with Gasteiger partial charge in [-0.15, -0.1) is 5.10 Å². The maximum atomic E-state index is 4.08. The highest BCUT2D eigenvalue weighted by molar-refractivity contribution is 5.33. The van der Waals surface area contributed by atoms with Crippen LogP contribution in [0, 0.1) is 0 Å². The van der Waals surface area contributed by atoms with Crippen molar-refractivity contribution in [2.24, 2.45) is 7.05 Å². The van der Waals surface area contributed by atoms with Gasteiger partial charge in [0.05, 0.1) is 17.9 Å². The van der Waals surface area contributed by atoms with E-state index >= 15 is 0 Å². The van der Waals surface area contributed by atoms with Gasteiger partial charge in [-0.25, -0.2) is 0 Å². The first kappa shape index (κ1) is 12.4. The third-order valence-electron chi connectivity index (χ3n) is 4.48. The fraction of sp³-hybridized carbons (Fsp3) is 0.467. The topological polar surface area (TPSA) is 42.7 Å². The van der Waals surface area contributed by atoms with Crippen LogP contribution in [0.5, 0.6) is 0 Å². The highest BCUT2D eigenvalue weighted by Crippen LogP contribution is 2.51. The molecule has 0 bridgehead atoms. The van der Waals surface area contributed by atoms with Crippen molar-refractivity contribution in [1.29, 1.82) is 0 Å². The number of hydrogen-bond acceptors (Lipinski definition) is 3. The lowest BCUT2D eigenvalue weighted by Gasteiger charge is -2.48. The summed E-state index contributed by atoms with van der Waals surface area (Å²) in [6.07, 6.45) is 5.60. The number of benzene rings is 1. The zero-order valence-corrected chi connectivity index (χ0v) is 11.5. The van der Waals surface area contributed by atoms with Crippen molar-refractivity contribution in [3.8, 4) is 0 Å². The Hall–Kier alpha value is -1.68. The molecule has 19 heavy (non-hydrogen) atoms. The lowest BCUT2D eigenvalue weighted by Crippen LogP contribution is -2.46. The van der Waals surface area contributed by atoms with Crippen molar-refractivity contribution in [3.63, 3.8) is 0 Å². The molecule has 1 saturated carbocycles. The van der Waals surface area contributed by atoms with E-state index in [0.717, 1.165) is 5.69 Å². The van der Waals surface area contributed by atoms with Gasteiger partial charge in [-0.2, -0.15) is 0 Å². The van der Waals surface area contributed by atoms with Gasteiger partial charge < -0.3 is 5.32 Å². The lowest BCUT2D eigenvalue weighted by molar-refractivity contribution is 0.170. The molecule has 4 nitrogen and oxygen atoms in total. The number of hydrogen-bond donors (Lipinski definition) is 1. The SMILES string of the molecule is CNC(c1cnnn1C)C1(c2ccccc2)CCC1. The Labute approximate surface area is 113 Å². The van der Waals surface area contributed by atoms with E-state index in [1.807, 2.05) is 25.0 Å². The van der Waals surface area contributed by atoms with Gasteiger partial charge in [0, 0.05) is 12.5 Å². The van der Waals surface area contributed by atoms with Gasteiger partial charge in [-0.05, 0) is 25.5 Å². The van der Waals surface area contributed by atoms with Crippen molar-refractivity contribution in [2.75, 3.05) is 7.05 Å². The molecule has 1 fully saturated rings. The maximum Gasteiger partial charge on any atom is 0.0762 e. The summed E-state index contributed by atoms with van der Waals surface area (Å²) in [7, 11) is 3.99. The summed E-state index contributed by atoms with van der Waals surface area (Å²) in [5, 5.41) is 11.6. The van der Waals surface area contributed by atoms with Crippen LogP contribution in [0.25, 0.3) is 0 Å². The van der Waals surface area contributed by atoms with E-state index in [9.17, 15) is 0 Å². The van der Waals surface area contributed by atoms with Crippen LogP contribution in [0.1, 0.15) is 36.6 Å². The zero-order chi connectivity index (χ0) is 13.3. The quantitative estimate of drug-likeness (QED) is 0.912. The molecule has 0 amide bonds. The molecule has 0 aliphatic heterocycles. The molecule has 1 aliphatic carbocycles. The fourth-order valence-corrected chi connectivity index (χ4v) is 3.34. The largest absolute Gasteiger partial charge is 0.311 e. The van der Waals surface area contributed by atoms with Crippen LogP contribution in [0.15, 0.2) is 36.5 Å². The van der Waals surface area contributed by atoms with Gasteiger partial charge >= 0.3 is 0 Å². The number of rotatable bonds is 4. The Morgan fingerprint density at radius 2 is 2.00 bits per heavy atom. The van der Waals surface area contributed by atoms with Gasteiger partial charge in [-0.1, -0.05) is 42.0 Å². The molecule has 1 aromatic carbocycles. The molecule has 1 aliphatic rings. The van der Waals surface area contributed by atoms with E-state index in [0.29, 0.717) is 0 Å². The second-order valence-corrected chi connectivity index (χ2v) is 5.38. The van der Waals surface area contributed by atoms with E-state index in [1.165, 1.54) is 24.8 Å². The summed E-state index contributed by atoms with van der Waals surface area (Å²) in [6, 6.07) is 11.1. The molecule has 0 saturated heterocycles. The zero-order valence-electron chi connectivity index (χ0n) is 11.5. The molecule has 1 unspecified atom stereocenters. The van der Waals surface area contributed by atoms with E-state index in [4.69, 9.17) is 0 Å².